The zero-order valence-corrected chi connectivity index (χ0v) is 16.4. The van der Waals surface area contributed by atoms with Crippen molar-refractivity contribution in [2.75, 3.05) is 12.5 Å². The molecule has 1 heterocycles. The number of benzene rings is 1. The lowest BCUT2D eigenvalue weighted by atomic mass is 10.2. The summed E-state index contributed by atoms with van der Waals surface area (Å²) >= 11 is 7.08. The molecule has 0 saturated heterocycles. The minimum absolute atomic E-state index is 0. The summed E-state index contributed by atoms with van der Waals surface area (Å²) < 4.78 is 4.67. The number of aryl methyl sites for hydroxylation is 1. The minimum Gasteiger partial charge on any atom is -1.00 e. The number of fused-ring (bicyclic) bond motifs is 1. The first-order chi connectivity index (χ1) is 8.65. The third-order valence-electron chi connectivity index (χ3n) is 2.84. The number of pyridine rings is 1. The zero-order chi connectivity index (χ0) is 13.1. The number of hydrogen-bond donors (Lipinski definition) is 0. The third-order valence-corrected chi connectivity index (χ3v) is 5.37. The summed E-state index contributed by atoms with van der Waals surface area (Å²) in [6.45, 7) is 0. The molecule has 102 valence electrons. The standard InChI is InChI=1S/C14H15BrNS2.HI/c1-16-12(9-14(17-2)18-3)6-4-10-8-11(15)5-7-13(10)16;/h4-9H,1-3H3;1H/q+1;/p-1. The summed E-state index contributed by atoms with van der Waals surface area (Å²) in [4.78, 5) is 0. The van der Waals surface area contributed by atoms with E-state index in [9.17, 15) is 0 Å². The van der Waals surface area contributed by atoms with Crippen LogP contribution < -0.4 is 28.5 Å². The van der Waals surface area contributed by atoms with E-state index >= 15 is 0 Å². The molecule has 0 radical (unpaired) electrons. The molecule has 1 nitrogen and oxygen atoms in total. The van der Waals surface area contributed by atoms with Crippen LogP contribution in [0, 0.1) is 0 Å². The number of thioether (sulfide) groups is 2. The van der Waals surface area contributed by atoms with Crippen molar-refractivity contribution in [2.24, 2.45) is 7.05 Å². The largest absolute Gasteiger partial charge is 1.00 e. The fourth-order valence-electron chi connectivity index (χ4n) is 1.86. The van der Waals surface area contributed by atoms with Crippen LogP contribution in [0.4, 0.5) is 0 Å². The Bertz CT molecular complexity index is 608. The number of aromatic nitrogens is 1. The molecule has 0 bridgehead atoms. The van der Waals surface area contributed by atoms with Gasteiger partial charge in [0.25, 0.3) is 0 Å². The van der Waals surface area contributed by atoms with Gasteiger partial charge in [-0.05, 0) is 30.7 Å². The highest BCUT2D eigenvalue weighted by atomic mass is 127. The monoisotopic (exact) mass is 467 g/mol. The Labute approximate surface area is 148 Å². The van der Waals surface area contributed by atoms with E-state index in [4.69, 9.17) is 0 Å². The van der Waals surface area contributed by atoms with Crippen molar-refractivity contribution in [3.05, 3.63) is 44.7 Å². The Morgan fingerprint density at radius 3 is 2.47 bits per heavy atom. The van der Waals surface area contributed by atoms with E-state index in [1.165, 1.54) is 20.8 Å². The highest BCUT2D eigenvalue weighted by Crippen LogP contribution is 2.26. The summed E-state index contributed by atoms with van der Waals surface area (Å²) in [5.74, 6) is 0. The van der Waals surface area contributed by atoms with Crippen molar-refractivity contribution in [1.82, 2.24) is 0 Å². The molecule has 0 spiro atoms. The maximum Gasteiger partial charge on any atom is 0.212 e. The van der Waals surface area contributed by atoms with Gasteiger partial charge < -0.3 is 24.0 Å². The lowest BCUT2D eigenvalue weighted by Crippen LogP contribution is -3.00. The zero-order valence-electron chi connectivity index (χ0n) is 11.0. The molecule has 0 N–H and O–H groups in total. The molecule has 0 saturated carbocycles. The molecule has 0 aliphatic heterocycles. The van der Waals surface area contributed by atoms with Gasteiger partial charge in [-0.3, -0.25) is 0 Å². The molecule has 0 aliphatic rings. The Morgan fingerprint density at radius 2 is 1.84 bits per heavy atom. The highest BCUT2D eigenvalue weighted by Gasteiger charge is 2.10. The van der Waals surface area contributed by atoms with Gasteiger partial charge in [-0.1, -0.05) is 15.9 Å². The van der Waals surface area contributed by atoms with Crippen molar-refractivity contribution >= 4 is 56.4 Å². The van der Waals surface area contributed by atoms with E-state index in [2.05, 4.69) is 76.5 Å². The molecule has 0 amide bonds. The second-order valence-electron chi connectivity index (χ2n) is 3.89. The smallest absolute Gasteiger partial charge is 0.212 e. The molecule has 0 fully saturated rings. The molecular weight excluding hydrogens is 453 g/mol. The van der Waals surface area contributed by atoms with Crippen LogP contribution in [0.5, 0.6) is 0 Å². The van der Waals surface area contributed by atoms with Crippen LogP contribution >= 0.6 is 39.5 Å². The van der Waals surface area contributed by atoms with Gasteiger partial charge in [0.2, 0.25) is 11.2 Å². The van der Waals surface area contributed by atoms with Gasteiger partial charge in [-0.25, -0.2) is 0 Å². The van der Waals surface area contributed by atoms with Crippen molar-refractivity contribution in [3.63, 3.8) is 0 Å². The van der Waals surface area contributed by atoms with Gasteiger partial charge in [-0.2, -0.15) is 4.57 Å². The molecule has 0 atom stereocenters. The van der Waals surface area contributed by atoms with Gasteiger partial charge in [0.1, 0.15) is 7.05 Å². The summed E-state index contributed by atoms with van der Waals surface area (Å²) in [6.07, 6.45) is 6.46. The highest BCUT2D eigenvalue weighted by molar-refractivity contribution is 9.10. The maximum atomic E-state index is 3.51. The maximum absolute atomic E-state index is 3.51. The predicted octanol–water partition coefficient (Wildman–Crippen LogP) is 1.46. The van der Waals surface area contributed by atoms with Crippen molar-refractivity contribution < 1.29 is 28.5 Å². The predicted molar refractivity (Wildman–Crippen MR) is 87.8 cm³/mol. The number of halogens is 2. The summed E-state index contributed by atoms with van der Waals surface area (Å²) in [7, 11) is 2.11. The molecule has 1 aromatic carbocycles. The average Bonchev–Trinajstić information content (AvgIpc) is 2.38. The topological polar surface area (TPSA) is 3.88 Å². The first-order valence-electron chi connectivity index (χ1n) is 5.53. The first kappa shape index (κ1) is 17.3. The molecule has 2 aromatic rings. The average molecular weight is 468 g/mol. The van der Waals surface area contributed by atoms with Crippen LogP contribution in [-0.4, -0.2) is 12.5 Å². The van der Waals surface area contributed by atoms with E-state index in [0.29, 0.717) is 0 Å². The molecular formula is C14H15BrINS2. The fourth-order valence-corrected chi connectivity index (χ4v) is 3.38. The Balaban J connectivity index is 0.00000180. The lowest BCUT2D eigenvalue weighted by molar-refractivity contribution is -0.646. The minimum atomic E-state index is 0. The summed E-state index contributed by atoms with van der Waals surface area (Å²) in [5, 5.41) is 1.25. The van der Waals surface area contributed by atoms with Crippen molar-refractivity contribution in [3.8, 4) is 0 Å². The van der Waals surface area contributed by atoms with Crippen LogP contribution in [-0.2, 0) is 7.05 Å². The van der Waals surface area contributed by atoms with Gasteiger partial charge in [0, 0.05) is 32.3 Å². The van der Waals surface area contributed by atoms with Crippen molar-refractivity contribution in [1.29, 1.82) is 0 Å². The molecule has 1 aromatic heterocycles. The van der Waals surface area contributed by atoms with Gasteiger partial charge >= 0.3 is 0 Å². The third kappa shape index (κ3) is 4.12. The lowest BCUT2D eigenvalue weighted by Gasteiger charge is -2.02. The second-order valence-corrected chi connectivity index (χ2v) is 6.76. The summed E-state index contributed by atoms with van der Waals surface area (Å²) in [6, 6.07) is 10.7. The molecule has 0 aliphatic carbocycles. The van der Waals surface area contributed by atoms with Crippen molar-refractivity contribution in [2.45, 2.75) is 0 Å². The van der Waals surface area contributed by atoms with Crippen LogP contribution in [0.2, 0.25) is 0 Å². The van der Waals surface area contributed by atoms with Gasteiger partial charge in [0.15, 0.2) is 0 Å². The van der Waals surface area contributed by atoms with Gasteiger partial charge in [-0.15, -0.1) is 23.5 Å². The normalized spacial score (nSPS) is 10.1. The summed E-state index contributed by atoms with van der Waals surface area (Å²) in [5.41, 5.74) is 2.47. The number of rotatable bonds is 3. The fraction of sp³-hybridized carbons (Fsp3) is 0.214. The van der Waals surface area contributed by atoms with Crippen LogP contribution in [0.3, 0.4) is 0 Å². The van der Waals surface area contributed by atoms with E-state index < -0.39 is 0 Å². The number of hydrogen-bond acceptors (Lipinski definition) is 2. The van der Waals surface area contributed by atoms with Crippen LogP contribution in [0.25, 0.3) is 17.0 Å². The van der Waals surface area contributed by atoms with E-state index in [1.54, 1.807) is 23.5 Å². The van der Waals surface area contributed by atoms with E-state index in [0.717, 1.165) is 4.47 Å². The van der Waals surface area contributed by atoms with E-state index in [1.807, 2.05) is 0 Å². The second kappa shape index (κ2) is 7.90. The van der Waals surface area contributed by atoms with Crippen LogP contribution in [0.15, 0.2) is 39.0 Å². The van der Waals surface area contributed by atoms with Gasteiger partial charge in [0.05, 0.1) is 0 Å². The molecule has 0 unspecified atom stereocenters. The molecule has 19 heavy (non-hydrogen) atoms. The van der Waals surface area contributed by atoms with Crippen LogP contribution in [0.1, 0.15) is 5.69 Å². The molecule has 2 rings (SSSR count). The van der Waals surface area contributed by atoms with E-state index in [-0.39, 0.29) is 24.0 Å². The number of nitrogens with zero attached hydrogens (tertiary/aromatic N) is 1. The quantitative estimate of drug-likeness (QED) is 0.497. The SMILES string of the molecule is CSC(=Cc1ccc2cc(Br)ccc2[n+]1C)SC.[I-]. The Kier molecular flexibility index (Phi) is 7.21. The Morgan fingerprint density at radius 1 is 1.16 bits per heavy atom. The Hall–Kier alpha value is 0.280. The first-order valence-corrected chi connectivity index (χ1v) is 8.78. The molecule has 5 heteroatoms.